The highest BCUT2D eigenvalue weighted by Gasteiger charge is 2.19. The number of nitrogens with zero attached hydrogens (tertiary/aromatic N) is 2. The summed E-state index contributed by atoms with van der Waals surface area (Å²) in [6.45, 7) is 0. The largest absolute Gasteiger partial charge is 0.463 e. The molecule has 0 unspecified atom stereocenters. The minimum atomic E-state index is -0.491. The molecule has 0 saturated carbocycles. The Hall–Kier alpha value is -2.56. The zero-order valence-electron chi connectivity index (χ0n) is 10.6. The van der Waals surface area contributed by atoms with E-state index in [0.717, 1.165) is 16.6 Å². The summed E-state index contributed by atoms with van der Waals surface area (Å²) in [5.41, 5.74) is 2.32. The van der Waals surface area contributed by atoms with Crippen LogP contribution in [0.5, 0.6) is 0 Å². The van der Waals surface area contributed by atoms with Gasteiger partial charge in [-0.3, -0.25) is 0 Å². The van der Waals surface area contributed by atoms with Gasteiger partial charge in [0.15, 0.2) is 0 Å². The lowest BCUT2D eigenvalue weighted by Crippen LogP contribution is -1.99. The van der Waals surface area contributed by atoms with Crippen molar-refractivity contribution in [2.24, 2.45) is 7.05 Å². The third kappa shape index (κ3) is 1.79. The molecule has 0 N–H and O–H groups in total. The van der Waals surface area contributed by atoms with E-state index in [0.29, 0.717) is 5.71 Å². The second kappa shape index (κ2) is 4.28. The molecule has 0 aliphatic heterocycles. The van der Waals surface area contributed by atoms with Gasteiger partial charge >= 0.3 is 5.97 Å². The Morgan fingerprint density at radius 3 is 2.74 bits per heavy atom. The highest BCUT2D eigenvalue weighted by molar-refractivity contribution is 5.97. The first-order valence-electron chi connectivity index (χ1n) is 5.81. The number of rotatable bonds is 2. The minimum absolute atomic E-state index is 0.183. The van der Waals surface area contributed by atoms with Crippen LogP contribution in [0.3, 0.4) is 0 Å². The van der Waals surface area contributed by atoms with Crippen molar-refractivity contribution in [1.29, 1.82) is 0 Å². The number of benzene rings is 1. The number of carbonyl (C=O) groups is 1. The molecule has 0 saturated heterocycles. The van der Waals surface area contributed by atoms with E-state index in [4.69, 9.17) is 4.42 Å². The van der Waals surface area contributed by atoms with Gasteiger partial charge in [0.2, 0.25) is 11.5 Å². The number of carbonyl (C=O) groups excluding carboxylic acids is 1. The van der Waals surface area contributed by atoms with E-state index in [1.54, 1.807) is 17.8 Å². The molecule has 1 aromatic carbocycles. The maximum atomic E-state index is 11.5. The van der Waals surface area contributed by atoms with Gasteiger partial charge in [-0.1, -0.05) is 30.3 Å². The van der Waals surface area contributed by atoms with Gasteiger partial charge in [-0.25, -0.2) is 9.48 Å². The SMILES string of the molecule is COC(=O)c1cc2c(-c3ccccc3)nn(C)c2o1. The number of esters is 1. The fourth-order valence-corrected chi connectivity index (χ4v) is 2.05. The van der Waals surface area contributed by atoms with E-state index >= 15 is 0 Å². The van der Waals surface area contributed by atoms with Crippen LogP contribution in [-0.4, -0.2) is 22.9 Å². The summed E-state index contributed by atoms with van der Waals surface area (Å²) in [7, 11) is 3.10. The average molecular weight is 256 g/mol. The van der Waals surface area contributed by atoms with Crippen LogP contribution in [0.1, 0.15) is 10.6 Å². The maximum absolute atomic E-state index is 11.5. The summed E-state index contributed by atoms with van der Waals surface area (Å²) in [5.74, 6) is -0.308. The van der Waals surface area contributed by atoms with Gasteiger partial charge in [0.1, 0.15) is 5.69 Å². The average Bonchev–Trinajstić information content (AvgIpc) is 3.00. The molecule has 5 nitrogen and oxygen atoms in total. The number of hydrogen-bond donors (Lipinski definition) is 0. The summed E-state index contributed by atoms with van der Waals surface area (Å²) in [5, 5.41) is 5.22. The number of aryl methyl sites for hydroxylation is 1. The molecule has 0 amide bonds. The lowest BCUT2D eigenvalue weighted by molar-refractivity contribution is 0.0567. The molecule has 2 aromatic heterocycles. The Bertz CT molecular complexity index is 741. The van der Waals surface area contributed by atoms with Crippen LogP contribution < -0.4 is 0 Å². The van der Waals surface area contributed by atoms with Gasteiger partial charge in [0.05, 0.1) is 12.5 Å². The third-order valence-corrected chi connectivity index (χ3v) is 2.95. The van der Waals surface area contributed by atoms with Gasteiger partial charge in [0.25, 0.3) is 0 Å². The van der Waals surface area contributed by atoms with Gasteiger partial charge in [-0.05, 0) is 0 Å². The predicted molar refractivity (Wildman–Crippen MR) is 69.8 cm³/mol. The van der Waals surface area contributed by atoms with Crippen molar-refractivity contribution in [2.45, 2.75) is 0 Å². The summed E-state index contributed by atoms with van der Waals surface area (Å²) in [6.07, 6.45) is 0. The standard InChI is InChI=1S/C14H12N2O3/c1-16-13-10(8-11(19-13)14(17)18-2)12(15-16)9-6-4-3-5-7-9/h3-8H,1-2H3. The van der Waals surface area contributed by atoms with E-state index in [1.807, 2.05) is 30.3 Å². The maximum Gasteiger partial charge on any atom is 0.374 e. The molecule has 19 heavy (non-hydrogen) atoms. The Morgan fingerprint density at radius 2 is 2.05 bits per heavy atom. The van der Waals surface area contributed by atoms with Crippen molar-refractivity contribution in [3.8, 4) is 11.3 Å². The number of methoxy groups -OCH3 is 1. The quantitative estimate of drug-likeness (QED) is 0.661. The third-order valence-electron chi connectivity index (χ3n) is 2.95. The number of fused-ring (bicyclic) bond motifs is 1. The predicted octanol–water partition coefficient (Wildman–Crippen LogP) is 2.62. The van der Waals surface area contributed by atoms with Crippen molar-refractivity contribution < 1.29 is 13.9 Å². The van der Waals surface area contributed by atoms with Crippen LogP contribution >= 0.6 is 0 Å². The normalized spacial score (nSPS) is 10.8. The Balaban J connectivity index is 2.21. The Morgan fingerprint density at radius 1 is 1.32 bits per heavy atom. The second-order valence-corrected chi connectivity index (χ2v) is 4.16. The number of aromatic nitrogens is 2. The van der Waals surface area contributed by atoms with E-state index in [2.05, 4.69) is 9.84 Å². The first-order chi connectivity index (χ1) is 9.20. The van der Waals surface area contributed by atoms with Crippen molar-refractivity contribution >= 4 is 17.1 Å². The van der Waals surface area contributed by atoms with Crippen LogP contribution in [0.25, 0.3) is 22.4 Å². The van der Waals surface area contributed by atoms with E-state index in [9.17, 15) is 4.79 Å². The highest BCUT2D eigenvalue weighted by Crippen LogP contribution is 2.30. The molecular formula is C14H12N2O3. The Labute approximate surface area is 109 Å². The van der Waals surface area contributed by atoms with Gasteiger partial charge in [-0.15, -0.1) is 0 Å². The van der Waals surface area contributed by atoms with Crippen molar-refractivity contribution in [1.82, 2.24) is 9.78 Å². The molecule has 0 aliphatic carbocycles. The molecular weight excluding hydrogens is 244 g/mol. The van der Waals surface area contributed by atoms with Crippen molar-refractivity contribution in [2.75, 3.05) is 7.11 Å². The summed E-state index contributed by atoms with van der Waals surface area (Å²) in [4.78, 5) is 11.5. The lowest BCUT2D eigenvalue weighted by atomic mass is 10.1. The van der Waals surface area contributed by atoms with Crippen LogP contribution in [0.4, 0.5) is 0 Å². The van der Waals surface area contributed by atoms with Crippen molar-refractivity contribution in [3.05, 3.63) is 42.2 Å². The van der Waals surface area contributed by atoms with Crippen LogP contribution in [0.15, 0.2) is 40.8 Å². The zero-order chi connectivity index (χ0) is 13.4. The molecule has 0 aliphatic rings. The molecule has 3 aromatic rings. The lowest BCUT2D eigenvalue weighted by Gasteiger charge is -1.96. The highest BCUT2D eigenvalue weighted by atomic mass is 16.5. The number of ether oxygens (including phenoxy) is 1. The fourth-order valence-electron chi connectivity index (χ4n) is 2.05. The van der Waals surface area contributed by atoms with Crippen LogP contribution in [0, 0.1) is 0 Å². The molecule has 0 fully saturated rings. The molecule has 3 rings (SSSR count). The van der Waals surface area contributed by atoms with Crippen molar-refractivity contribution in [3.63, 3.8) is 0 Å². The minimum Gasteiger partial charge on any atom is -0.463 e. The second-order valence-electron chi connectivity index (χ2n) is 4.16. The topological polar surface area (TPSA) is 57.3 Å². The van der Waals surface area contributed by atoms with E-state index in [1.165, 1.54) is 7.11 Å². The zero-order valence-corrected chi connectivity index (χ0v) is 10.6. The first-order valence-corrected chi connectivity index (χ1v) is 5.81. The smallest absolute Gasteiger partial charge is 0.374 e. The van der Waals surface area contributed by atoms with E-state index < -0.39 is 5.97 Å². The number of furan rings is 1. The van der Waals surface area contributed by atoms with Crippen LogP contribution in [0.2, 0.25) is 0 Å². The summed E-state index contributed by atoms with van der Waals surface area (Å²) < 4.78 is 11.8. The van der Waals surface area contributed by atoms with E-state index in [-0.39, 0.29) is 5.76 Å². The number of hydrogen-bond acceptors (Lipinski definition) is 4. The molecule has 5 heteroatoms. The molecule has 0 radical (unpaired) electrons. The molecule has 96 valence electrons. The van der Waals surface area contributed by atoms with Gasteiger partial charge in [0, 0.05) is 18.7 Å². The summed E-state index contributed by atoms with van der Waals surface area (Å²) >= 11 is 0. The van der Waals surface area contributed by atoms with Gasteiger partial charge in [-0.2, -0.15) is 5.10 Å². The Kier molecular flexibility index (Phi) is 2.59. The van der Waals surface area contributed by atoms with Crippen LogP contribution in [-0.2, 0) is 11.8 Å². The first kappa shape index (κ1) is 11.5. The molecule has 0 atom stereocenters. The molecule has 0 spiro atoms. The fraction of sp³-hybridized carbons (Fsp3) is 0.143. The molecule has 0 bridgehead atoms. The monoisotopic (exact) mass is 256 g/mol. The van der Waals surface area contributed by atoms with Gasteiger partial charge < -0.3 is 9.15 Å². The molecule has 2 heterocycles. The summed E-state index contributed by atoms with van der Waals surface area (Å²) in [6, 6.07) is 11.4.